The van der Waals surface area contributed by atoms with Crippen LogP contribution >= 0.6 is 0 Å². The van der Waals surface area contributed by atoms with Gasteiger partial charge >= 0.3 is 5.97 Å². The van der Waals surface area contributed by atoms with Crippen molar-refractivity contribution in [1.82, 2.24) is 9.47 Å². The minimum atomic E-state index is -0.296. The van der Waals surface area contributed by atoms with E-state index in [0.29, 0.717) is 24.5 Å². The van der Waals surface area contributed by atoms with Crippen LogP contribution in [0.15, 0.2) is 12.3 Å². The Morgan fingerprint density at radius 3 is 2.70 bits per heavy atom. The monoisotopic (exact) mass is 281 g/mol. The smallest absolute Gasteiger partial charge is 0.307 e. The highest BCUT2D eigenvalue weighted by Crippen LogP contribution is 2.13. The minimum Gasteiger partial charge on any atom is -0.466 e. The van der Waals surface area contributed by atoms with Crippen LogP contribution in [-0.4, -0.2) is 41.5 Å². The highest BCUT2D eigenvalue weighted by atomic mass is 16.5. The fourth-order valence-corrected chi connectivity index (χ4v) is 1.93. The normalized spacial score (nSPS) is 10.3. The van der Waals surface area contributed by atoms with Crippen LogP contribution in [0, 0.1) is 0 Å². The summed E-state index contributed by atoms with van der Waals surface area (Å²) in [6.07, 6.45) is 2.87. The second-order valence-corrected chi connectivity index (χ2v) is 4.63. The van der Waals surface area contributed by atoms with Crippen molar-refractivity contribution in [2.75, 3.05) is 25.9 Å². The first-order valence-corrected chi connectivity index (χ1v) is 6.86. The zero-order chi connectivity index (χ0) is 15.1. The van der Waals surface area contributed by atoms with Crippen LogP contribution in [0.5, 0.6) is 0 Å². The van der Waals surface area contributed by atoms with Crippen LogP contribution in [0.1, 0.15) is 37.2 Å². The summed E-state index contributed by atoms with van der Waals surface area (Å²) in [5.74, 6) is -0.435. The molecule has 0 fully saturated rings. The highest BCUT2D eigenvalue weighted by Gasteiger charge is 2.17. The minimum absolute atomic E-state index is 0.139. The average molecular weight is 281 g/mol. The van der Waals surface area contributed by atoms with Gasteiger partial charge in [0.05, 0.1) is 18.7 Å². The zero-order valence-corrected chi connectivity index (χ0v) is 12.4. The molecule has 0 saturated carbocycles. The molecule has 0 aliphatic heterocycles. The molecule has 6 heteroatoms. The van der Waals surface area contributed by atoms with E-state index in [9.17, 15) is 9.59 Å². The summed E-state index contributed by atoms with van der Waals surface area (Å²) in [6.45, 7) is 5.22. The third kappa shape index (κ3) is 4.29. The van der Waals surface area contributed by atoms with Gasteiger partial charge in [0.25, 0.3) is 5.91 Å². The molecule has 1 aromatic rings. The summed E-state index contributed by atoms with van der Waals surface area (Å²) in [5.41, 5.74) is 6.87. The molecular formula is C14H23N3O3. The van der Waals surface area contributed by atoms with E-state index in [1.807, 2.05) is 11.5 Å². The van der Waals surface area contributed by atoms with Crippen LogP contribution < -0.4 is 5.73 Å². The molecule has 1 aromatic heterocycles. The van der Waals surface area contributed by atoms with Crippen LogP contribution in [0.4, 0.5) is 5.69 Å². The van der Waals surface area contributed by atoms with Gasteiger partial charge in [-0.25, -0.2) is 0 Å². The van der Waals surface area contributed by atoms with E-state index in [2.05, 4.69) is 0 Å². The summed E-state index contributed by atoms with van der Waals surface area (Å²) < 4.78 is 6.69. The summed E-state index contributed by atoms with van der Waals surface area (Å²) >= 11 is 0. The van der Waals surface area contributed by atoms with Gasteiger partial charge in [-0.1, -0.05) is 6.92 Å². The van der Waals surface area contributed by atoms with Crippen LogP contribution in [0.3, 0.4) is 0 Å². The lowest BCUT2D eigenvalue weighted by atomic mass is 10.3. The van der Waals surface area contributed by atoms with Gasteiger partial charge in [0.1, 0.15) is 5.69 Å². The molecule has 20 heavy (non-hydrogen) atoms. The third-order valence-electron chi connectivity index (χ3n) is 2.90. The molecule has 0 aliphatic rings. The Morgan fingerprint density at radius 2 is 2.10 bits per heavy atom. The molecule has 0 aliphatic carbocycles. The second-order valence-electron chi connectivity index (χ2n) is 4.63. The standard InChI is InChI=1S/C14H23N3O3/c1-4-7-17-10-11(15)9-12(17)14(19)16(3)8-6-13(18)20-5-2/h9-10H,4-8,15H2,1-3H3. The number of ether oxygens (including phenoxy) is 1. The van der Waals surface area contributed by atoms with Crippen LogP contribution in [0.25, 0.3) is 0 Å². The molecule has 0 saturated heterocycles. The molecule has 1 amide bonds. The summed E-state index contributed by atoms with van der Waals surface area (Å²) in [5, 5.41) is 0. The summed E-state index contributed by atoms with van der Waals surface area (Å²) in [7, 11) is 1.67. The van der Waals surface area contributed by atoms with Gasteiger partial charge in [0.15, 0.2) is 0 Å². The number of anilines is 1. The number of esters is 1. The van der Waals surface area contributed by atoms with Gasteiger partial charge in [-0.05, 0) is 19.4 Å². The van der Waals surface area contributed by atoms with Gasteiger partial charge in [0.2, 0.25) is 0 Å². The molecule has 0 radical (unpaired) electrons. The van der Waals surface area contributed by atoms with E-state index in [0.717, 1.165) is 13.0 Å². The lowest BCUT2D eigenvalue weighted by molar-refractivity contribution is -0.143. The maximum atomic E-state index is 12.3. The lowest BCUT2D eigenvalue weighted by Gasteiger charge is -2.17. The van der Waals surface area contributed by atoms with E-state index in [4.69, 9.17) is 10.5 Å². The van der Waals surface area contributed by atoms with Crippen LogP contribution in [-0.2, 0) is 16.1 Å². The predicted octanol–water partition coefficient (Wildman–Crippen LogP) is 1.51. The molecule has 0 unspecified atom stereocenters. The Hall–Kier alpha value is -1.98. The van der Waals surface area contributed by atoms with E-state index in [1.165, 1.54) is 4.90 Å². The predicted molar refractivity (Wildman–Crippen MR) is 77.3 cm³/mol. The van der Waals surface area contributed by atoms with Gasteiger partial charge in [-0.3, -0.25) is 9.59 Å². The fraction of sp³-hybridized carbons (Fsp3) is 0.571. The molecule has 112 valence electrons. The first-order chi connectivity index (χ1) is 9.49. The number of carbonyl (C=O) groups excluding carboxylic acids is 2. The zero-order valence-electron chi connectivity index (χ0n) is 12.4. The SMILES string of the molecule is CCCn1cc(N)cc1C(=O)N(C)CCC(=O)OCC. The molecule has 1 heterocycles. The van der Waals surface area contributed by atoms with Crippen molar-refractivity contribution in [2.45, 2.75) is 33.2 Å². The van der Waals surface area contributed by atoms with E-state index in [1.54, 1.807) is 26.2 Å². The number of carbonyl (C=O) groups is 2. The number of nitrogen functional groups attached to an aromatic ring is 1. The fourth-order valence-electron chi connectivity index (χ4n) is 1.93. The van der Waals surface area contributed by atoms with Crippen molar-refractivity contribution in [3.63, 3.8) is 0 Å². The topological polar surface area (TPSA) is 77.6 Å². The number of nitrogens with two attached hydrogens (primary N) is 1. The van der Waals surface area contributed by atoms with Gasteiger partial charge < -0.3 is 19.9 Å². The second kappa shape index (κ2) is 7.57. The quantitative estimate of drug-likeness (QED) is 0.768. The van der Waals surface area contributed by atoms with E-state index < -0.39 is 0 Å². The average Bonchev–Trinajstić information content (AvgIpc) is 2.77. The molecule has 0 atom stereocenters. The molecule has 0 bridgehead atoms. The molecule has 1 rings (SSSR count). The molecule has 2 N–H and O–H groups in total. The van der Waals surface area contributed by atoms with Crippen LogP contribution in [0.2, 0.25) is 0 Å². The van der Waals surface area contributed by atoms with Crippen molar-refractivity contribution < 1.29 is 14.3 Å². The molecular weight excluding hydrogens is 258 g/mol. The highest BCUT2D eigenvalue weighted by molar-refractivity contribution is 5.93. The lowest BCUT2D eigenvalue weighted by Crippen LogP contribution is -2.31. The van der Waals surface area contributed by atoms with Gasteiger partial charge in [-0.15, -0.1) is 0 Å². The van der Waals surface area contributed by atoms with Crippen molar-refractivity contribution in [2.24, 2.45) is 0 Å². The molecule has 0 aromatic carbocycles. The molecule has 6 nitrogen and oxygen atoms in total. The van der Waals surface area contributed by atoms with Crippen molar-refractivity contribution >= 4 is 17.6 Å². The van der Waals surface area contributed by atoms with E-state index >= 15 is 0 Å². The first-order valence-electron chi connectivity index (χ1n) is 6.86. The number of nitrogens with zero attached hydrogens (tertiary/aromatic N) is 2. The Bertz CT molecular complexity index is 468. The van der Waals surface area contributed by atoms with Crippen molar-refractivity contribution in [3.05, 3.63) is 18.0 Å². The maximum Gasteiger partial charge on any atom is 0.307 e. The maximum absolute atomic E-state index is 12.3. The Balaban J connectivity index is 2.66. The number of amides is 1. The van der Waals surface area contributed by atoms with E-state index in [-0.39, 0.29) is 18.3 Å². The van der Waals surface area contributed by atoms with Crippen molar-refractivity contribution in [3.8, 4) is 0 Å². The number of hydrogen-bond acceptors (Lipinski definition) is 4. The Morgan fingerprint density at radius 1 is 1.40 bits per heavy atom. The number of aryl methyl sites for hydroxylation is 1. The largest absolute Gasteiger partial charge is 0.466 e. The summed E-state index contributed by atoms with van der Waals surface area (Å²) in [4.78, 5) is 25.1. The van der Waals surface area contributed by atoms with Gasteiger partial charge in [0, 0.05) is 26.3 Å². The summed E-state index contributed by atoms with van der Waals surface area (Å²) in [6, 6.07) is 1.67. The molecule has 0 spiro atoms. The number of aromatic nitrogens is 1. The van der Waals surface area contributed by atoms with Gasteiger partial charge in [-0.2, -0.15) is 0 Å². The first kappa shape index (κ1) is 16.1. The Labute approximate surface area is 119 Å². The number of rotatable bonds is 7. The van der Waals surface area contributed by atoms with Crippen molar-refractivity contribution in [1.29, 1.82) is 0 Å². The number of hydrogen-bond donors (Lipinski definition) is 1. The Kier molecular flexibility index (Phi) is 6.09. The third-order valence-corrected chi connectivity index (χ3v) is 2.90.